The van der Waals surface area contributed by atoms with E-state index in [2.05, 4.69) is 5.32 Å². The van der Waals surface area contributed by atoms with E-state index in [1.54, 1.807) is 14.2 Å². The molecule has 1 aromatic carbocycles. The molecule has 2 heterocycles. The average molecular weight is 325 g/mol. The van der Waals surface area contributed by atoms with Gasteiger partial charge in [-0.05, 0) is 29.7 Å². The van der Waals surface area contributed by atoms with Crippen molar-refractivity contribution in [1.29, 1.82) is 0 Å². The Balaban J connectivity index is 0.00000176. The predicted molar refractivity (Wildman–Crippen MR) is 86.8 cm³/mol. The highest BCUT2D eigenvalue weighted by Crippen LogP contribution is 2.33. The maximum Gasteiger partial charge on any atom is 0.244 e. The number of nitrogens with one attached hydrogen (secondary N) is 1. The first-order chi connectivity index (χ1) is 10.2. The van der Waals surface area contributed by atoms with Crippen LogP contribution in [0, 0.1) is 0 Å². The molecule has 120 valence electrons. The highest BCUT2D eigenvalue weighted by molar-refractivity contribution is 5.85. The van der Waals surface area contributed by atoms with Gasteiger partial charge >= 0.3 is 0 Å². The van der Waals surface area contributed by atoms with Gasteiger partial charge in [0.2, 0.25) is 5.91 Å². The second kappa shape index (κ2) is 7.03. The van der Waals surface area contributed by atoms with Crippen molar-refractivity contribution in [2.45, 2.75) is 19.0 Å². The highest BCUT2D eigenvalue weighted by Gasteiger charge is 2.27. The number of hydrogen-bond donors (Lipinski definition) is 1. The Morgan fingerprint density at radius 3 is 2.50 bits per heavy atom. The molecule has 0 saturated carbocycles. The Bertz CT molecular complexity index is 589. The fourth-order valence-corrected chi connectivity index (χ4v) is 2.90. The molecule has 6 heteroatoms. The SMILES string of the molecule is COc1cc2c(cc1OC)CN(C(=O)C1C=CCN1)CC2.Cl. The molecular formula is C16H21ClN2O3. The van der Waals surface area contributed by atoms with Gasteiger partial charge in [-0.25, -0.2) is 0 Å². The lowest BCUT2D eigenvalue weighted by molar-refractivity contribution is -0.133. The topological polar surface area (TPSA) is 50.8 Å². The van der Waals surface area contributed by atoms with Crippen LogP contribution < -0.4 is 14.8 Å². The van der Waals surface area contributed by atoms with E-state index < -0.39 is 0 Å². The first kappa shape index (κ1) is 16.6. The number of carbonyl (C=O) groups is 1. The van der Waals surface area contributed by atoms with Crippen molar-refractivity contribution in [2.75, 3.05) is 27.3 Å². The molecule has 1 aromatic rings. The van der Waals surface area contributed by atoms with Crippen molar-refractivity contribution in [3.05, 3.63) is 35.4 Å². The van der Waals surface area contributed by atoms with Gasteiger partial charge < -0.3 is 14.4 Å². The summed E-state index contributed by atoms with van der Waals surface area (Å²) >= 11 is 0. The van der Waals surface area contributed by atoms with Gasteiger partial charge in [0.05, 0.1) is 14.2 Å². The monoisotopic (exact) mass is 324 g/mol. The van der Waals surface area contributed by atoms with Crippen molar-refractivity contribution >= 4 is 18.3 Å². The summed E-state index contributed by atoms with van der Waals surface area (Å²) in [6.45, 7) is 2.14. The maximum atomic E-state index is 12.4. The Morgan fingerprint density at radius 1 is 1.23 bits per heavy atom. The summed E-state index contributed by atoms with van der Waals surface area (Å²) in [5.74, 6) is 1.60. The minimum atomic E-state index is -0.174. The number of carbonyl (C=O) groups excluding carboxylic acids is 1. The average Bonchev–Trinajstić information content (AvgIpc) is 3.06. The van der Waals surface area contributed by atoms with E-state index in [4.69, 9.17) is 9.47 Å². The van der Waals surface area contributed by atoms with Crippen LogP contribution in [0.3, 0.4) is 0 Å². The molecule has 0 spiro atoms. The molecule has 0 fully saturated rings. The lowest BCUT2D eigenvalue weighted by Gasteiger charge is -2.31. The maximum absolute atomic E-state index is 12.4. The standard InChI is InChI=1S/C16H20N2O3.ClH/c1-20-14-8-11-5-7-18(10-12(11)9-15(14)21-2)16(19)13-4-3-6-17-13;/h3-4,8-9,13,17H,5-7,10H2,1-2H3;1H. The summed E-state index contributed by atoms with van der Waals surface area (Å²) in [4.78, 5) is 14.3. The molecule has 1 unspecified atom stereocenters. The lowest BCUT2D eigenvalue weighted by Crippen LogP contribution is -2.45. The fraction of sp³-hybridized carbons (Fsp3) is 0.438. The summed E-state index contributed by atoms with van der Waals surface area (Å²) in [6.07, 6.45) is 4.78. The van der Waals surface area contributed by atoms with Crippen molar-refractivity contribution in [1.82, 2.24) is 10.2 Å². The quantitative estimate of drug-likeness (QED) is 0.857. The summed E-state index contributed by atoms with van der Waals surface area (Å²) < 4.78 is 10.7. The van der Waals surface area contributed by atoms with Gasteiger partial charge in [-0.1, -0.05) is 12.2 Å². The van der Waals surface area contributed by atoms with Crippen molar-refractivity contribution in [2.24, 2.45) is 0 Å². The third-order valence-corrected chi connectivity index (χ3v) is 4.08. The number of fused-ring (bicyclic) bond motifs is 1. The molecule has 2 aliphatic rings. The minimum Gasteiger partial charge on any atom is -0.493 e. The molecule has 0 aromatic heterocycles. The molecular weight excluding hydrogens is 304 g/mol. The van der Waals surface area contributed by atoms with Gasteiger partial charge in [-0.15, -0.1) is 12.4 Å². The number of halogens is 1. The van der Waals surface area contributed by atoms with Crippen LogP contribution in [0.2, 0.25) is 0 Å². The number of ether oxygens (including phenoxy) is 2. The third-order valence-electron chi connectivity index (χ3n) is 4.08. The van der Waals surface area contributed by atoms with Gasteiger partial charge in [0.25, 0.3) is 0 Å². The molecule has 0 bridgehead atoms. The Morgan fingerprint density at radius 2 is 1.91 bits per heavy atom. The summed E-state index contributed by atoms with van der Waals surface area (Å²) in [7, 11) is 3.27. The molecule has 3 rings (SSSR count). The van der Waals surface area contributed by atoms with Gasteiger partial charge in [-0.3, -0.25) is 10.1 Å². The van der Waals surface area contributed by atoms with E-state index in [0.29, 0.717) is 12.3 Å². The molecule has 5 nitrogen and oxygen atoms in total. The number of nitrogens with zero attached hydrogens (tertiary/aromatic N) is 1. The van der Waals surface area contributed by atoms with Crippen LogP contribution in [-0.4, -0.2) is 44.2 Å². The fourth-order valence-electron chi connectivity index (χ4n) is 2.90. The normalized spacial score (nSPS) is 19.4. The van der Waals surface area contributed by atoms with Gasteiger partial charge in [0, 0.05) is 19.6 Å². The van der Waals surface area contributed by atoms with Crippen LogP contribution >= 0.6 is 12.4 Å². The van der Waals surface area contributed by atoms with Crippen molar-refractivity contribution in [3.8, 4) is 11.5 Å². The third kappa shape index (κ3) is 3.05. The molecule has 0 saturated heterocycles. The summed E-state index contributed by atoms with van der Waals surface area (Å²) in [5.41, 5.74) is 2.36. The highest BCUT2D eigenvalue weighted by atomic mass is 35.5. The van der Waals surface area contributed by atoms with E-state index in [0.717, 1.165) is 30.8 Å². The molecule has 2 aliphatic heterocycles. The van der Waals surface area contributed by atoms with Gasteiger partial charge in [-0.2, -0.15) is 0 Å². The Kier molecular flexibility index (Phi) is 5.32. The van der Waals surface area contributed by atoms with E-state index in [1.165, 1.54) is 5.56 Å². The molecule has 22 heavy (non-hydrogen) atoms. The first-order valence-corrected chi connectivity index (χ1v) is 7.15. The van der Waals surface area contributed by atoms with Crippen LogP contribution in [0.4, 0.5) is 0 Å². The second-order valence-electron chi connectivity index (χ2n) is 5.30. The van der Waals surface area contributed by atoms with Crippen LogP contribution in [0.5, 0.6) is 11.5 Å². The molecule has 1 amide bonds. The molecule has 1 N–H and O–H groups in total. The zero-order chi connectivity index (χ0) is 14.8. The van der Waals surface area contributed by atoms with Gasteiger partial charge in [0.1, 0.15) is 6.04 Å². The largest absolute Gasteiger partial charge is 0.493 e. The molecule has 1 atom stereocenters. The zero-order valence-corrected chi connectivity index (χ0v) is 13.6. The number of benzene rings is 1. The Hall–Kier alpha value is -1.72. The number of hydrogen-bond acceptors (Lipinski definition) is 4. The lowest BCUT2D eigenvalue weighted by atomic mass is 9.98. The second-order valence-corrected chi connectivity index (χ2v) is 5.30. The predicted octanol–water partition coefficient (Wildman–Crippen LogP) is 1.54. The van der Waals surface area contributed by atoms with Crippen LogP contribution in [0.25, 0.3) is 0 Å². The van der Waals surface area contributed by atoms with E-state index in [1.807, 2.05) is 29.2 Å². The van der Waals surface area contributed by atoms with Gasteiger partial charge in [0.15, 0.2) is 11.5 Å². The minimum absolute atomic E-state index is 0. The van der Waals surface area contributed by atoms with E-state index in [9.17, 15) is 4.79 Å². The Labute approximate surface area is 136 Å². The van der Waals surface area contributed by atoms with Crippen LogP contribution in [0.15, 0.2) is 24.3 Å². The summed E-state index contributed by atoms with van der Waals surface area (Å²) in [6, 6.07) is 3.82. The zero-order valence-electron chi connectivity index (χ0n) is 12.8. The van der Waals surface area contributed by atoms with Crippen LogP contribution in [-0.2, 0) is 17.8 Å². The smallest absolute Gasteiger partial charge is 0.244 e. The van der Waals surface area contributed by atoms with Crippen molar-refractivity contribution in [3.63, 3.8) is 0 Å². The number of rotatable bonds is 3. The summed E-state index contributed by atoms with van der Waals surface area (Å²) in [5, 5.41) is 3.17. The van der Waals surface area contributed by atoms with E-state index in [-0.39, 0.29) is 24.4 Å². The van der Waals surface area contributed by atoms with E-state index >= 15 is 0 Å². The molecule has 0 aliphatic carbocycles. The van der Waals surface area contributed by atoms with Crippen LogP contribution in [0.1, 0.15) is 11.1 Å². The number of amides is 1. The van der Waals surface area contributed by atoms with Crippen molar-refractivity contribution < 1.29 is 14.3 Å². The molecule has 0 radical (unpaired) electrons. The number of methoxy groups -OCH3 is 2. The first-order valence-electron chi connectivity index (χ1n) is 7.15.